The maximum Gasteiger partial charge on any atom is 0.349 e. The standard InChI is InChI=1S/C9H13N3O.ClH/c10-8-5-6-12(9(13)11-8)7-3-1-2-4-7;/h5-7H,1-4H2,(H2,10,11,13);1H. The third-order valence-electron chi connectivity index (χ3n) is 2.57. The molecule has 5 heteroatoms. The van der Waals surface area contributed by atoms with E-state index in [2.05, 4.69) is 4.98 Å². The average Bonchev–Trinajstić information content (AvgIpc) is 2.56. The van der Waals surface area contributed by atoms with Crippen LogP contribution in [0.3, 0.4) is 0 Å². The predicted octanol–water partition coefficient (Wildman–Crippen LogP) is 1.36. The molecule has 2 N–H and O–H groups in total. The number of halogens is 1. The summed E-state index contributed by atoms with van der Waals surface area (Å²) < 4.78 is 1.70. The van der Waals surface area contributed by atoms with E-state index in [9.17, 15) is 4.79 Å². The lowest BCUT2D eigenvalue weighted by molar-refractivity contribution is 0.493. The van der Waals surface area contributed by atoms with Gasteiger partial charge < -0.3 is 5.73 Å². The fourth-order valence-electron chi connectivity index (χ4n) is 1.89. The Labute approximate surface area is 88.6 Å². The van der Waals surface area contributed by atoms with Crippen molar-refractivity contribution in [1.29, 1.82) is 0 Å². The molecule has 1 aromatic heterocycles. The van der Waals surface area contributed by atoms with Crippen molar-refractivity contribution < 1.29 is 0 Å². The summed E-state index contributed by atoms with van der Waals surface area (Å²) in [4.78, 5) is 15.1. The van der Waals surface area contributed by atoms with Crippen molar-refractivity contribution in [2.24, 2.45) is 0 Å². The Morgan fingerprint density at radius 1 is 1.43 bits per heavy atom. The van der Waals surface area contributed by atoms with Gasteiger partial charge in [0, 0.05) is 12.2 Å². The van der Waals surface area contributed by atoms with E-state index in [1.807, 2.05) is 0 Å². The maximum atomic E-state index is 11.4. The van der Waals surface area contributed by atoms with E-state index in [0.717, 1.165) is 12.8 Å². The first-order valence-corrected chi connectivity index (χ1v) is 4.62. The molecule has 78 valence electrons. The SMILES string of the molecule is Cl.Nc1ccn(C2CCCC2)c(=O)n1. The van der Waals surface area contributed by atoms with Gasteiger partial charge in [-0.25, -0.2) is 4.79 Å². The molecule has 0 spiro atoms. The molecular formula is C9H14ClN3O. The number of hydrogen-bond acceptors (Lipinski definition) is 3. The van der Waals surface area contributed by atoms with E-state index in [1.54, 1.807) is 16.8 Å². The molecule has 1 saturated carbocycles. The van der Waals surface area contributed by atoms with Crippen LogP contribution in [0, 0.1) is 0 Å². The number of anilines is 1. The fraction of sp³-hybridized carbons (Fsp3) is 0.556. The van der Waals surface area contributed by atoms with Gasteiger partial charge in [-0.2, -0.15) is 4.98 Å². The van der Waals surface area contributed by atoms with E-state index in [-0.39, 0.29) is 18.1 Å². The van der Waals surface area contributed by atoms with Crippen LogP contribution in [0.2, 0.25) is 0 Å². The molecule has 14 heavy (non-hydrogen) atoms. The highest BCUT2D eigenvalue weighted by Gasteiger charge is 2.17. The van der Waals surface area contributed by atoms with E-state index >= 15 is 0 Å². The lowest BCUT2D eigenvalue weighted by Gasteiger charge is -2.11. The molecule has 4 nitrogen and oxygen atoms in total. The minimum Gasteiger partial charge on any atom is -0.383 e. The molecule has 0 atom stereocenters. The molecule has 0 aromatic carbocycles. The first-order chi connectivity index (χ1) is 6.27. The van der Waals surface area contributed by atoms with Crippen molar-refractivity contribution in [3.63, 3.8) is 0 Å². The van der Waals surface area contributed by atoms with Gasteiger partial charge >= 0.3 is 5.69 Å². The van der Waals surface area contributed by atoms with Gasteiger partial charge in [0.25, 0.3) is 0 Å². The Morgan fingerprint density at radius 3 is 2.64 bits per heavy atom. The van der Waals surface area contributed by atoms with E-state index < -0.39 is 0 Å². The molecule has 1 heterocycles. The monoisotopic (exact) mass is 215 g/mol. The number of rotatable bonds is 1. The fourth-order valence-corrected chi connectivity index (χ4v) is 1.89. The predicted molar refractivity (Wildman–Crippen MR) is 57.7 cm³/mol. The molecule has 1 aromatic rings. The Kier molecular flexibility index (Phi) is 3.52. The summed E-state index contributed by atoms with van der Waals surface area (Å²) in [5.41, 5.74) is 5.19. The normalized spacial score (nSPS) is 16.6. The molecular weight excluding hydrogens is 202 g/mol. The minimum absolute atomic E-state index is 0. The second kappa shape index (κ2) is 4.46. The molecule has 1 fully saturated rings. The van der Waals surface area contributed by atoms with Crippen LogP contribution in [-0.2, 0) is 0 Å². The molecule has 0 bridgehead atoms. The van der Waals surface area contributed by atoms with E-state index in [0.29, 0.717) is 11.9 Å². The quantitative estimate of drug-likeness (QED) is 0.770. The summed E-state index contributed by atoms with van der Waals surface area (Å²) in [5, 5.41) is 0. The average molecular weight is 216 g/mol. The van der Waals surface area contributed by atoms with Crippen molar-refractivity contribution >= 4 is 18.2 Å². The summed E-state index contributed by atoms with van der Waals surface area (Å²) in [5.74, 6) is 0.305. The van der Waals surface area contributed by atoms with Gasteiger partial charge in [0.15, 0.2) is 0 Å². The van der Waals surface area contributed by atoms with Crippen molar-refractivity contribution in [3.8, 4) is 0 Å². The summed E-state index contributed by atoms with van der Waals surface area (Å²) in [6.45, 7) is 0. The first-order valence-electron chi connectivity index (χ1n) is 4.62. The molecule has 0 saturated heterocycles. The zero-order chi connectivity index (χ0) is 9.26. The number of aromatic nitrogens is 2. The topological polar surface area (TPSA) is 60.9 Å². The van der Waals surface area contributed by atoms with Crippen LogP contribution in [0.5, 0.6) is 0 Å². The molecule has 0 aliphatic heterocycles. The van der Waals surface area contributed by atoms with Crippen LogP contribution in [0.15, 0.2) is 17.1 Å². The highest BCUT2D eigenvalue weighted by atomic mass is 35.5. The van der Waals surface area contributed by atoms with Crippen molar-refractivity contribution in [1.82, 2.24) is 9.55 Å². The highest BCUT2D eigenvalue weighted by molar-refractivity contribution is 5.85. The summed E-state index contributed by atoms with van der Waals surface area (Å²) in [6, 6.07) is 2.03. The lowest BCUT2D eigenvalue weighted by Crippen LogP contribution is -2.25. The zero-order valence-corrected chi connectivity index (χ0v) is 8.67. The Morgan fingerprint density at radius 2 is 2.07 bits per heavy atom. The van der Waals surface area contributed by atoms with Crippen molar-refractivity contribution in [3.05, 3.63) is 22.7 Å². The third-order valence-corrected chi connectivity index (χ3v) is 2.57. The number of nitrogens with two attached hydrogens (primary N) is 1. The van der Waals surface area contributed by atoms with Crippen LogP contribution < -0.4 is 11.4 Å². The highest BCUT2D eigenvalue weighted by Crippen LogP contribution is 2.27. The Balaban J connectivity index is 0.000000980. The van der Waals surface area contributed by atoms with Gasteiger partial charge in [0.2, 0.25) is 0 Å². The Hall–Kier alpha value is -1.03. The van der Waals surface area contributed by atoms with Gasteiger partial charge in [-0.3, -0.25) is 4.57 Å². The van der Waals surface area contributed by atoms with Crippen LogP contribution in [-0.4, -0.2) is 9.55 Å². The molecule has 0 unspecified atom stereocenters. The number of hydrogen-bond donors (Lipinski definition) is 1. The minimum atomic E-state index is -0.216. The van der Waals surface area contributed by atoms with Crippen LogP contribution in [0.1, 0.15) is 31.7 Å². The number of nitrogens with zero attached hydrogens (tertiary/aromatic N) is 2. The molecule has 0 radical (unpaired) electrons. The van der Waals surface area contributed by atoms with Gasteiger partial charge in [0.1, 0.15) is 5.82 Å². The van der Waals surface area contributed by atoms with Crippen LogP contribution in [0.25, 0.3) is 0 Å². The van der Waals surface area contributed by atoms with Crippen molar-refractivity contribution in [2.45, 2.75) is 31.7 Å². The molecule has 2 rings (SSSR count). The van der Waals surface area contributed by atoms with Gasteiger partial charge in [-0.1, -0.05) is 12.8 Å². The van der Waals surface area contributed by atoms with E-state index in [4.69, 9.17) is 5.73 Å². The van der Waals surface area contributed by atoms with E-state index in [1.165, 1.54) is 12.8 Å². The van der Waals surface area contributed by atoms with Gasteiger partial charge in [-0.15, -0.1) is 12.4 Å². The zero-order valence-electron chi connectivity index (χ0n) is 7.85. The molecule has 1 aliphatic carbocycles. The lowest BCUT2D eigenvalue weighted by atomic mass is 10.2. The maximum absolute atomic E-state index is 11.4. The summed E-state index contributed by atoms with van der Waals surface area (Å²) >= 11 is 0. The molecule has 1 aliphatic rings. The molecule has 0 amide bonds. The largest absolute Gasteiger partial charge is 0.383 e. The smallest absolute Gasteiger partial charge is 0.349 e. The summed E-state index contributed by atoms with van der Waals surface area (Å²) in [6.07, 6.45) is 6.35. The van der Waals surface area contributed by atoms with Crippen LogP contribution in [0.4, 0.5) is 5.82 Å². The second-order valence-corrected chi connectivity index (χ2v) is 3.48. The summed E-state index contributed by atoms with van der Waals surface area (Å²) in [7, 11) is 0. The van der Waals surface area contributed by atoms with Gasteiger partial charge in [-0.05, 0) is 18.9 Å². The van der Waals surface area contributed by atoms with Crippen LogP contribution >= 0.6 is 12.4 Å². The second-order valence-electron chi connectivity index (χ2n) is 3.48. The van der Waals surface area contributed by atoms with Gasteiger partial charge in [0.05, 0.1) is 0 Å². The number of nitrogen functional groups attached to an aromatic ring is 1. The first kappa shape index (κ1) is 11.0. The van der Waals surface area contributed by atoms with Crippen molar-refractivity contribution in [2.75, 3.05) is 5.73 Å². The Bertz CT molecular complexity index is 357. The third kappa shape index (κ3) is 2.07.